The van der Waals surface area contributed by atoms with Gasteiger partial charge in [0.15, 0.2) is 0 Å². The Balaban J connectivity index is 2.18. The van der Waals surface area contributed by atoms with Gasteiger partial charge in [-0.15, -0.1) is 11.3 Å². The Kier molecular flexibility index (Phi) is 5.03. The molecule has 3 heteroatoms. The molecule has 0 aliphatic rings. The molecule has 1 nitrogen and oxygen atoms in total. The Labute approximate surface area is 124 Å². The lowest BCUT2D eigenvalue weighted by atomic mass is 10.1. The summed E-state index contributed by atoms with van der Waals surface area (Å²) in [5.41, 5.74) is 2.33. The van der Waals surface area contributed by atoms with Gasteiger partial charge in [-0.05, 0) is 56.1 Å². The normalized spacial score (nSPS) is 12.6. The van der Waals surface area contributed by atoms with Crippen LogP contribution < -0.4 is 5.32 Å². The predicted octanol–water partition coefficient (Wildman–Crippen LogP) is 5.44. The van der Waals surface area contributed by atoms with E-state index in [4.69, 9.17) is 11.6 Å². The summed E-state index contributed by atoms with van der Waals surface area (Å²) in [7, 11) is 0. The zero-order valence-corrected chi connectivity index (χ0v) is 13.2. The Bertz CT molecular complexity index is 547. The van der Waals surface area contributed by atoms with Gasteiger partial charge in [0.05, 0.1) is 0 Å². The highest BCUT2D eigenvalue weighted by molar-refractivity contribution is 7.15. The molecule has 1 N–H and O–H groups in total. The van der Waals surface area contributed by atoms with Crippen molar-refractivity contribution in [2.24, 2.45) is 0 Å². The first kappa shape index (κ1) is 14.6. The van der Waals surface area contributed by atoms with Crippen LogP contribution in [-0.2, 0) is 0 Å². The lowest BCUT2D eigenvalue weighted by Gasteiger charge is -2.10. The SMILES string of the molecule is CCCNC(C)c1ccc(-c2ccc(C)c(Cl)c2)s1. The van der Waals surface area contributed by atoms with Gasteiger partial charge in [0.2, 0.25) is 0 Å². The lowest BCUT2D eigenvalue weighted by molar-refractivity contribution is 0.578. The third kappa shape index (κ3) is 3.59. The molecule has 1 aromatic carbocycles. The van der Waals surface area contributed by atoms with E-state index >= 15 is 0 Å². The van der Waals surface area contributed by atoms with E-state index < -0.39 is 0 Å². The fraction of sp³-hybridized carbons (Fsp3) is 0.375. The van der Waals surface area contributed by atoms with Gasteiger partial charge in [-0.1, -0.05) is 30.7 Å². The molecular weight excluding hydrogens is 274 g/mol. The van der Waals surface area contributed by atoms with E-state index in [9.17, 15) is 0 Å². The van der Waals surface area contributed by atoms with Gasteiger partial charge in [0.25, 0.3) is 0 Å². The van der Waals surface area contributed by atoms with Crippen molar-refractivity contribution in [2.45, 2.75) is 33.2 Å². The second-order valence-electron chi connectivity index (χ2n) is 4.84. The molecule has 102 valence electrons. The first-order valence-electron chi connectivity index (χ1n) is 6.71. The summed E-state index contributed by atoms with van der Waals surface area (Å²) in [4.78, 5) is 2.65. The zero-order valence-electron chi connectivity index (χ0n) is 11.7. The molecule has 1 unspecified atom stereocenters. The van der Waals surface area contributed by atoms with Crippen LogP contribution in [0.25, 0.3) is 10.4 Å². The van der Waals surface area contributed by atoms with Gasteiger partial charge in [-0.2, -0.15) is 0 Å². The van der Waals surface area contributed by atoms with Crippen LogP contribution in [0.15, 0.2) is 30.3 Å². The zero-order chi connectivity index (χ0) is 13.8. The number of aryl methyl sites for hydroxylation is 1. The summed E-state index contributed by atoms with van der Waals surface area (Å²) >= 11 is 8.03. The van der Waals surface area contributed by atoms with Crippen molar-refractivity contribution in [3.05, 3.63) is 45.8 Å². The predicted molar refractivity (Wildman–Crippen MR) is 86.2 cm³/mol. The second kappa shape index (κ2) is 6.56. The van der Waals surface area contributed by atoms with Gasteiger partial charge >= 0.3 is 0 Å². The number of hydrogen-bond acceptors (Lipinski definition) is 2. The van der Waals surface area contributed by atoms with E-state index in [2.05, 4.69) is 49.5 Å². The summed E-state index contributed by atoms with van der Waals surface area (Å²) in [5.74, 6) is 0. The lowest BCUT2D eigenvalue weighted by Crippen LogP contribution is -2.18. The number of rotatable bonds is 5. The van der Waals surface area contributed by atoms with Crippen molar-refractivity contribution in [3.63, 3.8) is 0 Å². The van der Waals surface area contributed by atoms with Gasteiger partial charge in [-0.3, -0.25) is 0 Å². The molecule has 0 aliphatic heterocycles. The van der Waals surface area contributed by atoms with Crippen molar-refractivity contribution >= 4 is 22.9 Å². The highest BCUT2D eigenvalue weighted by atomic mass is 35.5. The van der Waals surface area contributed by atoms with Crippen LogP contribution in [0.5, 0.6) is 0 Å². The molecule has 0 fully saturated rings. The molecule has 0 bridgehead atoms. The van der Waals surface area contributed by atoms with Crippen LogP contribution in [0.1, 0.15) is 36.8 Å². The highest BCUT2D eigenvalue weighted by Crippen LogP contribution is 2.33. The molecule has 0 saturated carbocycles. The third-order valence-corrected chi connectivity index (χ3v) is 4.93. The van der Waals surface area contributed by atoms with Crippen molar-refractivity contribution in [3.8, 4) is 10.4 Å². The summed E-state index contributed by atoms with van der Waals surface area (Å²) in [5, 5.41) is 4.36. The second-order valence-corrected chi connectivity index (χ2v) is 6.36. The standard InChI is InChI=1S/C16H20ClNS/c1-4-9-18-12(3)15-7-8-16(19-15)13-6-5-11(2)14(17)10-13/h5-8,10,12,18H,4,9H2,1-3H3. The highest BCUT2D eigenvalue weighted by Gasteiger charge is 2.09. The van der Waals surface area contributed by atoms with Crippen LogP contribution in [0.2, 0.25) is 5.02 Å². The van der Waals surface area contributed by atoms with E-state index in [1.54, 1.807) is 0 Å². The molecule has 0 amide bonds. The minimum atomic E-state index is 0.416. The summed E-state index contributed by atoms with van der Waals surface area (Å²) in [6, 6.07) is 11.1. The van der Waals surface area contributed by atoms with Crippen LogP contribution >= 0.6 is 22.9 Å². The molecule has 1 heterocycles. The smallest absolute Gasteiger partial charge is 0.0441 e. The van der Waals surface area contributed by atoms with Crippen LogP contribution in [-0.4, -0.2) is 6.54 Å². The van der Waals surface area contributed by atoms with Crippen molar-refractivity contribution in [1.82, 2.24) is 5.32 Å². The number of halogens is 1. The number of hydrogen-bond donors (Lipinski definition) is 1. The fourth-order valence-electron chi connectivity index (χ4n) is 1.95. The number of nitrogens with one attached hydrogen (secondary N) is 1. The Hall–Kier alpha value is -0.830. The van der Waals surface area contributed by atoms with Crippen LogP contribution in [0.4, 0.5) is 0 Å². The summed E-state index contributed by atoms with van der Waals surface area (Å²) in [6.07, 6.45) is 1.16. The van der Waals surface area contributed by atoms with Gasteiger partial charge in [0.1, 0.15) is 0 Å². The topological polar surface area (TPSA) is 12.0 Å². The van der Waals surface area contributed by atoms with Gasteiger partial charge in [-0.25, -0.2) is 0 Å². The number of thiophene rings is 1. The Morgan fingerprint density at radius 2 is 2.05 bits per heavy atom. The van der Waals surface area contributed by atoms with Crippen molar-refractivity contribution in [1.29, 1.82) is 0 Å². The first-order valence-corrected chi connectivity index (χ1v) is 7.91. The Morgan fingerprint density at radius 1 is 1.26 bits per heavy atom. The maximum absolute atomic E-state index is 6.19. The molecule has 0 aliphatic carbocycles. The molecule has 1 aromatic heterocycles. The monoisotopic (exact) mass is 293 g/mol. The third-order valence-electron chi connectivity index (χ3n) is 3.21. The van der Waals surface area contributed by atoms with Gasteiger partial charge < -0.3 is 5.32 Å². The minimum absolute atomic E-state index is 0.416. The van der Waals surface area contributed by atoms with Gasteiger partial charge in [0, 0.05) is 20.8 Å². The molecule has 2 aromatic rings. The average Bonchev–Trinajstić information content (AvgIpc) is 2.89. The minimum Gasteiger partial charge on any atom is -0.309 e. The Morgan fingerprint density at radius 3 is 2.74 bits per heavy atom. The van der Waals surface area contributed by atoms with E-state index in [1.165, 1.54) is 15.3 Å². The van der Waals surface area contributed by atoms with Crippen LogP contribution in [0, 0.1) is 6.92 Å². The maximum atomic E-state index is 6.19. The molecule has 19 heavy (non-hydrogen) atoms. The molecule has 1 atom stereocenters. The fourth-order valence-corrected chi connectivity index (χ4v) is 3.16. The quantitative estimate of drug-likeness (QED) is 0.774. The molecular formula is C16H20ClNS. The molecule has 0 radical (unpaired) electrons. The number of benzene rings is 1. The average molecular weight is 294 g/mol. The van der Waals surface area contributed by atoms with E-state index in [1.807, 2.05) is 18.3 Å². The van der Waals surface area contributed by atoms with Crippen LogP contribution in [0.3, 0.4) is 0 Å². The molecule has 0 spiro atoms. The first-order chi connectivity index (χ1) is 9.11. The van der Waals surface area contributed by atoms with E-state index in [-0.39, 0.29) is 0 Å². The van der Waals surface area contributed by atoms with E-state index in [0.717, 1.165) is 23.6 Å². The summed E-state index contributed by atoms with van der Waals surface area (Å²) in [6.45, 7) is 7.49. The largest absolute Gasteiger partial charge is 0.309 e. The molecule has 2 rings (SSSR count). The molecule has 0 saturated heterocycles. The maximum Gasteiger partial charge on any atom is 0.0441 e. The van der Waals surface area contributed by atoms with Crippen molar-refractivity contribution in [2.75, 3.05) is 6.54 Å². The van der Waals surface area contributed by atoms with Crippen molar-refractivity contribution < 1.29 is 0 Å². The van der Waals surface area contributed by atoms with E-state index in [0.29, 0.717) is 6.04 Å². The summed E-state index contributed by atoms with van der Waals surface area (Å²) < 4.78 is 0.